The minimum absolute atomic E-state index is 0.158. The third-order valence-electron chi connectivity index (χ3n) is 6.34. The van der Waals surface area contributed by atoms with Crippen LogP contribution in [0.4, 0.5) is 0 Å². The number of allylic oxidation sites excluding steroid dienone is 1. The molecule has 0 N–H and O–H groups in total. The summed E-state index contributed by atoms with van der Waals surface area (Å²) in [5.74, 6) is 0.390. The van der Waals surface area contributed by atoms with E-state index in [2.05, 4.69) is 57.0 Å². The summed E-state index contributed by atoms with van der Waals surface area (Å²) >= 11 is 1.35. The molecule has 182 valence electrons. The third-order valence-corrected chi connectivity index (χ3v) is 7.32. The summed E-state index contributed by atoms with van der Waals surface area (Å²) in [6.07, 6.45) is 1.90. The Morgan fingerprint density at radius 2 is 1.60 bits per heavy atom. The fourth-order valence-electron chi connectivity index (χ4n) is 4.30. The Kier molecular flexibility index (Phi) is 7.22. The normalized spacial score (nSPS) is 16.0. The molecule has 6 heteroatoms. The number of rotatable bonds is 6. The van der Waals surface area contributed by atoms with Crippen LogP contribution < -0.4 is 14.9 Å². The van der Waals surface area contributed by atoms with Gasteiger partial charge in [-0.3, -0.25) is 9.36 Å². The standard InChI is InChI=1S/C29H32N2O3S/c1-7-34-28(33)25-19(6)30-29-31(26(25)23-14-12-22(13-15-23)18(4)5)27(32)24(35-29)16-20-8-10-21(11-9-20)17(2)3/h8-18,26H,7H2,1-6H3/b24-16-. The second-order valence-electron chi connectivity index (χ2n) is 9.45. The zero-order valence-electron chi connectivity index (χ0n) is 21.2. The van der Waals surface area contributed by atoms with Crippen LogP contribution in [0.2, 0.25) is 0 Å². The van der Waals surface area contributed by atoms with E-state index in [1.807, 2.05) is 37.3 Å². The van der Waals surface area contributed by atoms with E-state index in [9.17, 15) is 9.59 Å². The first kappa shape index (κ1) is 24.9. The van der Waals surface area contributed by atoms with Crippen LogP contribution >= 0.6 is 11.3 Å². The smallest absolute Gasteiger partial charge is 0.338 e. The van der Waals surface area contributed by atoms with Gasteiger partial charge in [0.2, 0.25) is 0 Å². The van der Waals surface area contributed by atoms with Crippen molar-refractivity contribution in [1.82, 2.24) is 4.57 Å². The predicted molar refractivity (Wildman–Crippen MR) is 141 cm³/mol. The number of esters is 1. The molecule has 0 saturated carbocycles. The molecule has 0 fully saturated rings. The third kappa shape index (κ3) is 4.94. The zero-order chi connectivity index (χ0) is 25.3. The molecule has 0 spiro atoms. The minimum atomic E-state index is -0.586. The van der Waals surface area contributed by atoms with Crippen molar-refractivity contribution in [3.05, 3.63) is 102 Å². The van der Waals surface area contributed by atoms with Crippen molar-refractivity contribution < 1.29 is 9.53 Å². The molecule has 4 rings (SSSR count). The first-order chi connectivity index (χ1) is 16.7. The van der Waals surface area contributed by atoms with E-state index in [0.717, 1.165) is 11.1 Å². The molecule has 3 aromatic rings. The van der Waals surface area contributed by atoms with Gasteiger partial charge in [-0.1, -0.05) is 87.6 Å². The number of ether oxygens (including phenoxy) is 1. The Labute approximate surface area is 210 Å². The lowest BCUT2D eigenvalue weighted by Gasteiger charge is -2.25. The quantitative estimate of drug-likeness (QED) is 0.457. The van der Waals surface area contributed by atoms with Crippen molar-refractivity contribution in [2.45, 2.75) is 59.4 Å². The van der Waals surface area contributed by atoms with Gasteiger partial charge in [-0.05, 0) is 54.0 Å². The van der Waals surface area contributed by atoms with E-state index in [-0.39, 0.29) is 12.2 Å². The fraction of sp³-hybridized carbons (Fsp3) is 0.345. The van der Waals surface area contributed by atoms with Gasteiger partial charge in [-0.25, -0.2) is 9.79 Å². The number of nitrogens with zero attached hydrogens (tertiary/aromatic N) is 2. The van der Waals surface area contributed by atoms with Gasteiger partial charge < -0.3 is 4.74 Å². The van der Waals surface area contributed by atoms with Crippen molar-refractivity contribution in [3.8, 4) is 0 Å². The van der Waals surface area contributed by atoms with Gasteiger partial charge in [-0.15, -0.1) is 0 Å². The molecule has 2 heterocycles. The van der Waals surface area contributed by atoms with Gasteiger partial charge in [0, 0.05) is 0 Å². The summed E-state index contributed by atoms with van der Waals surface area (Å²) in [6.45, 7) is 12.4. The Hall–Kier alpha value is -3.25. The predicted octanol–water partition coefficient (Wildman–Crippen LogP) is 5.05. The monoisotopic (exact) mass is 488 g/mol. The van der Waals surface area contributed by atoms with Gasteiger partial charge in [0.1, 0.15) is 0 Å². The van der Waals surface area contributed by atoms with Crippen LogP contribution in [-0.2, 0) is 9.53 Å². The maximum atomic E-state index is 13.7. The number of aromatic nitrogens is 1. The van der Waals surface area contributed by atoms with Crippen LogP contribution in [0.5, 0.6) is 0 Å². The first-order valence-electron chi connectivity index (χ1n) is 12.1. The van der Waals surface area contributed by atoms with Crippen LogP contribution in [0.15, 0.2) is 69.6 Å². The number of carbonyl (C=O) groups is 1. The van der Waals surface area contributed by atoms with Gasteiger partial charge in [-0.2, -0.15) is 0 Å². The molecule has 0 amide bonds. The summed E-state index contributed by atoms with van der Waals surface area (Å²) in [7, 11) is 0. The summed E-state index contributed by atoms with van der Waals surface area (Å²) in [5, 5.41) is 0. The number of benzene rings is 2. The lowest BCUT2D eigenvalue weighted by atomic mass is 9.93. The van der Waals surface area contributed by atoms with Crippen LogP contribution in [0, 0.1) is 0 Å². The summed E-state index contributed by atoms with van der Waals surface area (Å²) in [4.78, 5) is 31.9. The number of hydrogen-bond donors (Lipinski definition) is 0. The van der Waals surface area contributed by atoms with Crippen molar-refractivity contribution in [3.63, 3.8) is 0 Å². The van der Waals surface area contributed by atoms with Crippen LogP contribution in [0.1, 0.15) is 81.7 Å². The Bertz CT molecular complexity index is 1440. The van der Waals surface area contributed by atoms with Gasteiger partial charge >= 0.3 is 5.97 Å². The van der Waals surface area contributed by atoms with Gasteiger partial charge in [0.25, 0.3) is 5.56 Å². The van der Waals surface area contributed by atoms with E-state index in [4.69, 9.17) is 4.74 Å². The van der Waals surface area contributed by atoms with E-state index < -0.39 is 12.0 Å². The van der Waals surface area contributed by atoms with Crippen molar-refractivity contribution >= 4 is 23.4 Å². The van der Waals surface area contributed by atoms with Crippen LogP contribution in [0.25, 0.3) is 6.08 Å². The molecule has 0 aliphatic carbocycles. The number of fused-ring (bicyclic) bond motifs is 1. The SMILES string of the molecule is CCOC(=O)C1=C(C)N=c2s/c(=C\c3ccc(C(C)C)cc3)c(=O)n2C1c1ccc(C(C)C)cc1. The van der Waals surface area contributed by atoms with Gasteiger partial charge in [0.05, 0.1) is 28.5 Å². The Morgan fingerprint density at radius 3 is 2.14 bits per heavy atom. The topological polar surface area (TPSA) is 60.7 Å². The second kappa shape index (κ2) is 10.2. The molecule has 1 aliphatic rings. The van der Waals surface area contributed by atoms with E-state index >= 15 is 0 Å². The highest BCUT2D eigenvalue weighted by Gasteiger charge is 2.33. The van der Waals surface area contributed by atoms with Crippen molar-refractivity contribution in [2.75, 3.05) is 6.61 Å². The molecule has 5 nitrogen and oxygen atoms in total. The molecule has 2 aromatic carbocycles. The molecular weight excluding hydrogens is 456 g/mol. The average Bonchev–Trinajstić information content (AvgIpc) is 3.13. The number of hydrogen-bond acceptors (Lipinski definition) is 5. The molecular formula is C29H32N2O3S. The minimum Gasteiger partial charge on any atom is -0.463 e. The van der Waals surface area contributed by atoms with Crippen molar-refractivity contribution in [2.24, 2.45) is 4.99 Å². The average molecular weight is 489 g/mol. The molecule has 1 aromatic heterocycles. The molecule has 1 aliphatic heterocycles. The molecule has 0 radical (unpaired) electrons. The summed E-state index contributed by atoms with van der Waals surface area (Å²) < 4.78 is 7.60. The first-order valence-corrected chi connectivity index (χ1v) is 12.9. The number of thiazole rings is 1. The van der Waals surface area contributed by atoms with Crippen molar-refractivity contribution in [1.29, 1.82) is 0 Å². The van der Waals surface area contributed by atoms with Crippen LogP contribution in [-0.4, -0.2) is 17.1 Å². The van der Waals surface area contributed by atoms with Crippen LogP contribution in [0.3, 0.4) is 0 Å². The number of carbonyl (C=O) groups excluding carboxylic acids is 1. The second-order valence-corrected chi connectivity index (χ2v) is 10.5. The fourth-order valence-corrected chi connectivity index (χ4v) is 5.35. The maximum Gasteiger partial charge on any atom is 0.338 e. The maximum absolute atomic E-state index is 13.7. The Morgan fingerprint density at radius 1 is 1.03 bits per heavy atom. The largest absolute Gasteiger partial charge is 0.463 e. The van der Waals surface area contributed by atoms with Gasteiger partial charge in [0.15, 0.2) is 4.80 Å². The summed E-state index contributed by atoms with van der Waals surface area (Å²) in [5.41, 5.74) is 5.10. The molecule has 1 unspecified atom stereocenters. The molecule has 0 saturated heterocycles. The van der Waals surface area contributed by atoms with E-state index in [1.165, 1.54) is 22.5 Å². The summed E-state index contributed by atoms with van der Waals surface area (Å²) in [6, 6.07) is 15.8. The highest BCUT2D eigenvalue weighted by Crippen LogP contribution is 2.31. The zero-order valence-corrected chi connectivity index (χ0v) is 22.0. The van der Waals surface area contributed by atoms with E-state index in [1.54, 1.807) is 11.5 Å². The lowest BCUT2D eigenvalue weighted by molar-refractivity contribution is -0.139. The lowest BCUT2D eigenvalue weighted by Crippen LogP contribution is -2.39. The molecule has 35 heavy (non-hydrogen) atoms. The Balaban J connectivity index is 1.88. The highest BCUT2D eigenvalue weighted by atomic mass is 32.1. The molecule has 1 atom stereocenters. The highest BCUT2D eigenvalue weighted by molar-refractivity contribution is 7.07. The molecule has 0 bridgehead atoms. The van der Waals surface area contributed by atoms with E-state index in [0.29, 0.717) is 32.4 Å².